The molecule has 0 amide bonds. The highest BCUT2D eigenvalue weighted by molar-refractivity contribution is 5.23. The molecule has 1 aromatic carbocycles. The van der Waals surface area contributed by atoms with E-state index in [0.717, 1.165) is 37.6 Å². The van der Waals surface area contributed by atoms with Crippen LogP contribution in [0, 0.1) is 11.6 Å². The van der Waals surface area contributed by atoms with Crippen LogP contribution < -0.4 is 10.1 Å². The molecular weight excluding hydrogens is 248 g/mol. The number of benzene rings is 1. The molecule has 4 heteroatoms. The Morgan fingerprint density at radius 2 is 1.84 bits per heavy atom. The molecule has 0 atom stereocenters. The van der Waals surface area contributed by atoms with Crippen molar-refractivity contribution in [1.29, 1.82) is 0 Å². The Morgan fingerprint density at radius 3 is 2.58 bits per heavy atom. The molecule has 1 fully saturated rings. The van der Waals surface area contributed by atoms with Crippen LogP contribution in [-0.4, -0.2) is 19.2 Å². The largest absolute Gasteiger partial charge is 0.493 e. The summed E-state index contributed by atoms with van der Waals surface area (Å²) in [5, 5.41) is 3.48. The van der Waals surface area contributed by atoms with Crippen LogP contribution in [0.5, 0.6) is 5.75 Å². The highest BCUT2D eigenvalue weighted by atomic mass is 19.2. The highest BCUT2D eigenvalue weighted by Gasteiger charge is 2.19. The third-order valence-electron chi connectivity index (χ3n) is 3.24. The number of rotatable bonds is 9. The monoisotopic (exact) mass is 269 g/mol. The molecule has 0 spiro atoms. The van der Waals surface area contributed by atoms with Gasteiger partial charge in [0.15, 0.2) is 11.6 Å². The highest BCUT2D eigenvalue weighted by Crippen LogP contribution is 2.18. The Bertz CT molecular complexity index is 394. The summed E-state index contributed by atoms with van der Waals surface area (Å²) in [5.74, 6) is -1.30. The molecule has 1 aromatic rings. The summed E-state index contributed by atoms with van der Waals surface area (Å²) in [5.41, 5.74) is 0. The SMILES string of the molecule is Fc1ccc(OCCCCCCNC2CC2)cc1F. The Labute approximate surface area is 113 Å². The minimum absolute atomic E-state index is 0.398. The Kier molecular flexibility index (Phi) is 5.58. The van der Waals surface area contributed by atoms with Crippen LogP contribution in [0.25, 0.3) is 0 Å². The van der Waals surface area contributed by atoms with E-state index in [4.69, 9.17) is 4.74 Å². The Balaban J connectivity index is 1.47. The minimum Gasteiger partial charge on any atom is -0.493 e. The van der Waals surface area contributed by atoms with E-state index in [9.17, 15) is 8.78 Å². The lowest BCUT2D eigenvalue weighted by Gasteiger charge is -2.06. The van der Waals surface area contributed by atoms with Gasteiger partial charge in [0.25, 0.3) is 0 Å². The predicted octanol–water partition coefficient (Wildman–Crippen LogP) is 3.66. The zero-order valence-electron chi connectivity index (χ0n) is 11.1. The van der Waals surface area contributed by atoms with E-state index in [-0.39, 0.29) is 0 Å². The number of unbranched alkanes of at least 4 members (excludes halogenated alkanes) is 3. The van der Waals surface area contributed by atoms with E-state index < -0.39 is 11.6 Å². The molecule has 0 aliphatic heterocycles. The first-order chi connectivity index (χ1) is 9.25. The van der Waals surface area contributed by atoms with Crippen molar-refractivity contribution in [3.8, 4) is 5.75 Å². The number of hydrogen-bond donors (Lipinski definition) is 1. The smallest absolute Gasteiger partial charge is 0.162 e. The zero-order chi connectivity index (χ0) is 13.5. The molecule has 0 bridgehead atoms. The quantitative estimate of drug-likeness (QED) is 0.691. The molecule has 0 radical (unpaired) electrons. The fraction of sp³-hybridized carbons (Fsp3) is 0.600. The first kappa shape index (κ1) is 14.3. The van der Waals surface area contributed by atoms with Gasteiger partial charge in [-0.1, -0.05) is 12.8 Å². The standard InChI is InChI=1S/C15H21F2NO/c16-14-8-7-13(11-15(14)17)19-10-4-2-1-3-9-18-12-5-6-12/h7-8,11-12,18H,1-6,9-10H2. The molecule has 0 unspecified atom stereocenters. The normalized spacial score (nSPS) is 14.6. The number of nitrogens with one attached hydrogen (secondary N) is 1. The van der Waals surface area contributed by atoms with Crippen LogP contribution in [0.3, 0.4) is 0 Å². The van der Waals surface area contributed by atoms with Crippen molar-refractivity contribution >= 4 is 0 Å². The molecule has 1 aliphatic carbocycles. The van der Waals surface area contributed by atoms with E-state index >= 15 is 0 Å². The third-order valence-corrected chi connectivity index (χ3v) is 3.24. The second-order valence-electron chi connectivity index (χ2n) is 5.07. The van der Waals surface area contributed by atoms with Gasteiger partial charge in [-0.25, -0.2) is 8.78 Å². The van der Waals surface area contributed by atoms with Crippen molar-refractivity contribution < 1.29 is 13.5 Å². The van der Waals surface area contributed by atoms with Gasteiger partial charge in [0, 0.05) is 12.1 Å². The van der Waals surface area contributed by atoms with Gasteiger partial charge in [-0.2, -0.15) is 0 Å². The summed E-state index contributed by atoms with van der Waals surface area (Å²) in [6.07, 6.45) is 7.10. The fourth-order valence-corrected chi connectivity index (χ4v) is 1.93. The summed E-state index contributed by atoms with van der Waals surface area (Å²) >= 11 is 0. The molecule has 1 N–H and O–H groups in total. The average molecular weight is 269 g/mol. The van der Waals surface area contributed by atoms with Crippen LogP contribution in [0.1, 0.15) is 38.5 Å². The average Bonchev–Trinajstić information content (AvgIpc) is 3.21. The zero-order valence-corrected chi connectivity index (χ0v) is 11.1. The summed E-state index contributed by atoms with van der Waals surface area (Å²) in [6, 6.07) is 4.43. The minimum atomic E-state index is -0.858. The topological polar surface area (TPSA) is 21.3 Å². The second-order valence-corrected chi connectivity index (χ2v) is 5.07. The van der Waals surface area contributed by atoms with Crippen molar-refractivity contribution in [3.63, 3.8) is 0 Å². The summed E-state index contributed by atoms with van der Waals surface area (Å²) in [4.78, 5) is 0. The van der Waals surface area contributed by atoms with Gasteiger partial charge in [-0.15, -0.1) is 0 Å². The first-order valence-corrected chi connectivity index (χ1v) is 7.07. The van der Waals surface area contributed by atoms with Crippen LogP contribution >= 0.6 is 0 Å². The summed E-state index contributed by atoms with van der Waals surface area (Å²) in [7, 11) is 0. The molecule has 1 aliphatic rings. The lowest BCUT2D eigenvalue weighted by Crippen LogP contribution is -2.17. The maximum absolute atomic E-state index is 12.9. The molecule has 0 aromatic heterocycles. The maximum Gasteiger partial charge on any atom is 0.162 e. The van der Waals surface area contributed by atoms with Crippen molar-refractivity contribution in [2.24, 2.45) is 0 Å². The molecule has 0 heterocycles. The lowest BCUT2D eigenvalue weighted by molar-refractivity contribution is 0.302. The number of ether oxygens (including phenoxy) is 1. The lowest BCUT2D eigenvalue weighted by atomic mass is 10.2. The molecular formula is C15H21F2NO. The Hall–Kier alpha value is -1.16. The van der Waals surface area contributed by atoms with Gasteiger partial charge in [0.2, 0.25) is 0 Å². The van der Waals surface area contributed by atoms with Gasteiger partial charge in [-0.3, -0.25) is 0 Å². The maximum atomic E-state index is 12.9. The summed E-state index contributed by atoms with van der Waals surface area (Å²) in [6.45, 7) is 1.66. The van der Waals surface area contributed by atoms with Gasteiger partial charge in [-0.05, 0) is 44.4 Å². The predicted molar refractivity (Wildman–Crippen MR) is 71.3 cm³/mol. The van der Waals surface area contributed by atoms with Crippen LogP contribution in [0.2, 0.25) is 0 Å². The molecule has 2 nitrogen and oxygen atoms in total. The van der Waals surface area contributed by atoms with Crippen LogP contribution in [0.4, 0.5) is 8.78 Å². The Morgan fingerprint density at radius 1 is 1.05 bits per heavy atom. The fourth-order valence-electron chi connectivity index (χ4n) is 1.93. The number of halogens is 2. The second kappa shape index (κ2) is 7.43. The van der Waals surface area contributed by atoms with E-state index in [1.54, 1.807) is 0 Å². The van der Waals surface area contributed by atoms with Crippen molar-refractivity contribution in [1.82, 2.24) is 5.32 Å². The van der Waals surface area contributed by atoms with Gasteiger partial charge < -0.3 is 10.1 Å². The molecule has 19 heavy (non-hydrogen) atoms. The third kappa shape index (κ3) is 5.55. The summed E-state index contributed by atoms with van der Waals surface area (Å²) < 4.78 is 31.0. The van der Waals surface area contributed by atoms with Crippen molar-refractivity contribution in [3.05, 3.63) is 29.8 Å². The molecule has 0 saturated heterocycles. The molecule has 2 rings (SSSR count). The van der Waals surface area contributed by atoms with Crippen LogP contribution in [-0.2, 0) is 0 Å². The first-order valence-electron chi connectivity index (χ1n) is 7.07. The van der Waals surface area contributed by atoms with Crippen LogP contribution in [0.15, 0.2) is 18.2 Å². The van der Waals surface area contributed by atoms with Crippen molar-refractivity contribution in [2.75, 3.05) is 13.2 Å². The van der Waals surface area contributed by atoms with Gasteiger partial charge in [0.1, 0.15) is 5.75 Å². The van der Waals surface area contributed by atoms with Gasteiger partial charge >= 0.3 is 0 Å². The number of hydrogen-bond acceptors (Lipinski definition) is 2. The van der Waals surface area contributed by atoms with E-state index in [2.05, 4.69) is 5.32 Å². The molecule has 1 saturated carbocycles. The van der Waals surface area contributed by atoms with Crippen molar-refractivity contribution in [2.45, 2.75) is 44.6 Å². The van der Waals surface area contributed by atoms with E-state index in [0.29, 0.717) is 12.4 Å². The molecule has 106 valence electrons. The van der Waals surface area contributed by atoms with E-state index in [1.807, 2.05) is 0 Å². The van der Waals surface area contributed by atoms with Gasteiger partial charge in [0.05, 0.1) is 6.61 Å². The van der Waals surface area contributed by atoms with E-state index in [1.165, 1.54) is 31.7 Å².